The number of quaternary nitrogens is 1. The third-order valence-electron chi connectivity index (χ3n) is 3.14. The molecule has 0 saturated carbocycles. The van der Waals surface area contributed by atoms with Crippen LogP contribution in [0.4, 0.5) is 0 Å². The smallest absolute Gasteiger partial charge is 0.134 e. The number of halogens is 2. The Morgan fingerprint density at radius 3 is 2.31 bits per heavy atom. The van der Waals surface area contributed by atoms with Gasteiger partial charge in [-0.3, -0.25) is 0 Å². The molecule has 0 bridgehead atoms. The summed E-state index contributed by atoms with van der Waals surface area (Å²) < 4.78 is 0.369. The lowest BCUT2D eigenvalue weighted by Gasteiger charge is -2.22. The second-order valence-corrected chi connectivity index (χ2v) is 5.22. The van der Waals surface area contributed by atoms with E-state index in [1.54, 1.807) is 4.90 Å². The average molecular weight is 257 g/mol. The summed E-state index contributed by atoms with van der Waals surface area (Å²) in [6.07, 6.45) is 4.55. The summed E-state index contributed by atoms with van der Waals surface area (Å²) in [4.78, 5) is 1.56. The number of likely N-dealkylation sites (tertiary alicyclic amines) is 1. The van der Waals surface area contributed by atoms with Crippen molar-refractivity contribution in [2.45, 2.75) is 18.9 Å². The first-order valence-corrected chi connectivity index (χ1v) is 6.45. The Morgan fingerprint density at radius 2 is 1.75 bits per heavy atom. The van der Waals surface area contributed by atoms with Gasteiger partial charge in [-0.05, 0) is 0 Å². The van der Waals surface area contributed by atoms with Crippen LogP contribution in [0.1, 0.15) is 24.4 Å². The Hall–Kier alpha value is -0.500. The van der Waals surface area contributed by atoms with E-state index in [0.29, 0.717) is 10.5 Å². The van der Waals surface area contributed by atoms with Gasteiger partial charge < -0.3 is 4.90 Å². The maximum Gasteiger partial charge on any atom is 0.134 e. The lowest BCUT2D eigenvalue weighted by molar-refractivity contribution is -0.912. The van der Waals surface area contributed by atoms with Crippen LogP contribution < -0.4 is 4.90 Å². The van der Waals surface area contributed by atoms with Gasteiger partial charge in [0, 0.05) is 24.5 Å². The molecule has 1 atom stereocenters. The molecule has 1 nitrogen and oxygen atoms in total. The van der Waals surface area contributed by atoms with E-state index in [-0.39, 0.29) is 0 Å². The molecule has 0 spiro atoms. The molecule has 0 unspecified atom stereocenters. The van der Waals surface area contributed by atoms with E-state index in [2.05, 4.69) is 24.3 Å². The molecular formula is C13H16Cl2N+. The first kappa shape index (κ1) is 12.0. The second kappa shape index (κ2) is 5.72. The van der Waals surface area contributed by atoms with Gasteiger partial charge in [0.2, 0.25) is 0 Å². The molecule has 1 aliphatic heterocycles. The fourth-order valence-electron chi connectivity index (χ4n) is 2.38. The predicted octanol–water partition coefficient (Wildman–Crippen LogP) is 2.73. The maximum absolute atomic E-state index is 5.81. The van der Waals surface area contributed by atoms with Crippen LogP contribution in [0.15, 0.2) is 40.9 Å². The molecule has 0 radical (unpaired) electrons. The summed E-state index contributed by atoms with van der Waals surface area (Å²) >= 11 is 11.6. The van der Waals surface area contributed by atoms with Crippen molar-refractivity contribution >= 4 is 23.2 Å². The van der Waals surface area contributed by atoms with Gasteiger partial charge in [0.1, 0.15) is 10.5 Å². The number of hydrogen-bond donors (Lipinski definition) is 1. The highest BCUT2D eigenvalue weighted by Gasteiger charge is 2.25. The topological polar surface area (TPSA) is 4.44 Å². The first-order chi connectivity index (χ1) is 7.77. The lowest BCUT2D eigenvalue weighted by atomic mass is 10.1. The molecule has 1 fully saturated rings. The zero-order valence-electron chi connectivity index (χ0n) is 9.13. The van der Waals surface area contributed by atoms with Crippen LogP contribution >= 0.6 is 23.2 Å². The second-order valence-electron chi connectivity index (χ2n) is 4.21. The molecule has 1 saturated heterocycles. The van der Waals surface area contributed by atoms with E-state index in [1.807, 2.05) is 12.1 Å². The molecule has 1 aromatic rings. The van der Waals surface area contributed by atoms with Gasteiger partial charge in [-0.25, -0.2) is 0 Å². The molecule has 1 aliphatic rings. The van der Waals surface area contributed by atoms with Crippen LogP contribution in [-0.4, -0.2) is 13.1 Å². The molecule has 86 valence electrons. The highest BCUT2D eigenvalue weighted by Crippen LogP contribution is 2.18. The van der Waals surface area contributed by atoms with E-state index in [9.17, 15) is 0 Å². The van der Waals surface area contributed by atoms with Crippen molar-refractivity contribution in [1.29, 1.82) is 0 Å². The molecule has 1 heterocycles. The Morgan fingerprint density at radius 1 is 1.12 bits per heavy atom. The van der Waals surface area contributed by atoms with Gasteiger partial charge in [-0.1, -0.05) is 53.5 Å². The van der Waals surface area contributed by atoms with Crippen LogP contribution in [0.25, 0.3) is 0 Å². The number of hydrogen-bond acceptors (Lipinski definition) is 0. The Labute approximate surface area is 107 Å². The number of benzene rings is 1. The molecule has 2 rings (SSSR count). The fraction of sp³-hybridized carbons (Fsp3) is 0.385. The minimum absolute atomic E-state index is 0.300. The lowest BCUT2D eigenvalue weighted by Crippen LogP contribution is -3.10. The van der Waals surface area contributed by atoms with E-state index in [4.69, 9.17) is 23.2 Å². The molecule has 3 heteroatoms. The predicted molar refractivity (Wildman–Crippen MR) is 68.9 cm³/mol. The van der Waals surface area contributed by atoms with Crippen molar-refractivity contribution in [2.24, 2.45) is 0 Å². The molecule has 0 amide bonds. The largest absolute Gasteiger partial charge is 0.325 e. The zero-order chi connectivity index (χ0) is 11.4. The summed E-state index contributed by atoms with van der Waals surface area (Å²) in [5, 5.41) is 0. The minimum Gasteiger partial charge on any atom is -0.325 e. The molecule has 0 aliphatic carbocycles. The van der Waals surface area contributed by atoms with Crippen LogP contribution in [0, 0.1) is 0 Å². The van der Waals surface area contributed by atoms with Gasteiger partial charge in [-0.2, -0.15) is 0 Å². The van der Waals surface area contributed by atoms with Crippen molar-refractivity contribution in [3.05, 3.63) is 46.5 Å². The molecular weight excluding hydrogens is 241 g/mol. The summed E-state index contributed by atoms with van der Waals surface area (Å²) in [6, 6.07) is 10.7. The van der Waals surface area contributed by atoms with E-state index >= 15 is 0 Å². The van der Waals surface area contributed by atoms with Crippen LogP contribution in [-0.2, 0) is 0 Å². The molecule has 0 aromatic heterocycles. The van der Waals surface area contributed by atoms with E-state index < -0.39 is 0 Å². The van der Waals surface area contributed by atoms with Gasteiger partial charge in [0.25, 0.3) is 0 Å². The van der Waals surface area contributed by atoms with Gasteiger partial charge in [0.15, 0.2) is 0 Å². The van der Waals surface area contributed by atoms with Crippen molar-refractivity contribution in [3.63, 3.8) is 0 Å². The fourth-order valence-corrected chi connectivity index (χ4v) is 2.63. The van der Waals surface area contributed by atoms with Crippen molar-refractivity contribution in [3.8, 4) is 0 Å². The SMILES string of the molecule is ClC(Cl)=C[C@H](c1ccccc1)[NH+]1CCCC1. The average Bonchev–Trinajstić information content (AvgIpc) is 2.80. The zero-order valence-corrected chi connectivity index (χ0v) is 10.6. The Balaban J connectivity index is 2.24. The Bertz CT molecular complexity index is 351. The summed E-state index contributed by atoms with van der Waals surface area (Å²) in [7, 11) is 0. The van der Waals surface area contributed by atoms with Crippen molar-refractivity contribution in [1.82, 2.24) is 0 Å². The van der Waals surface area contributed by atoms with Gasteiger partial charge >= 0.3 is 0 Å². The van der Waals surface area contributed by atoms with Gasteiger partial charge in [-0.15, -0.1) is 0 Å². The van der Waals surface area contributed by atoms with Crippen molar-refractivity contribution < 1.29 is 4.90 Å². The van der Waals surface area contributed by atoms with Crippen LogP contribution in [0.3, 0.4) is 0 Å². The maximum atomic E-state index is 5.81. The summed E-state index contributed by atoms with van der Waals surface area (Å²) in [6.45, 7) is 2.41. The van der Waals surface area contributed by atoms with Gasteiger partial charge in [0.05, 0.1) is 13.1 Å². The highest BCUT2D eigenvalue weighted by molar-refractivity contribution is 6.55. The van der Waals surface area contributed by atoms with Crippen LogP contribution in [0.5, 0.6) is 0 Å². The third kappa shape index (κ3) is 3.00. The normalized spacial score (nSPS) is 18.4. The third-order valence-corrected chi connectivity index (χ3v) is 3.39. The Kier molecular flexibility index (Phi) is 4.28. The number of nitrogens with one attached hydrogen (secondary N) is 1. The van der Waals surface area contributed by atoms with Crippen molar-refractivity contribution in [2.75, 3.05) is 13.1 Å². The molecule has 16 heavy (non-hydrogen) atoms. The summed E-state index contributed by atoms with van der Waals surface area (Å²) in [5.41, 5.74) is 1.29. The standard InChI is InChI=1S/C13H15Cl2N/c14-13(15)10-12(16-8-4-5-9-16)11-6-2-1-3-7-11/h1-3,6-7,10,12H,4-5,8-9H2/p+1/t12-/m1/s1. The molecule has 1 aromatic carbocycles. The molecule has 1 N–H and O–H groups in total. The first-order valence-electron chi connectivity index (χ1n) is 5.70. The highest BCUT2D eigenvalue weighted by atomic mass is 35.5. The number of rotatable bonds is 3. The van der Waals surface area contributed by atoms with E-state index in [1.165, 1.54) is 31.5 Å². The summed E-state index contributed by atoms with van der Waals surface area (Å²) in [5.74, 6) is 0. The quantitative estimate of drug-likeness (QED) is 0.849. The van der Waals surface area contributed by atoms with Crippen LogP contribution in [0.2, 0.25) is 0 Å². The van der Waals surface area contributed by atoms with E-state index in [0.717, 1.165) is 0 Å². The minimum atomic E-state index is 0.300. The monoisotopic (exact) mass is 256 g/mol.